The van der Waals surface area contributed by atoms with Crippen LogP contribution >= 0.6 is 0 Å². The van der Waals surface area contributed by atoms with Crippen molar-refractivity contribution in [3.63, 3.8) is 0 Å². The molecule has 0 aliphatic carbocycles. The third-order valence-corrected chi connectivity index (χ3v) is 1.67. The van der Waals surface area contributed by atoms with Crippen molar-refractivity contribution in [3.8, 4) is 0 Å². The summed E-state index contributed by atoms with van der Waals surface area (Å²) in [4.78, 5) is 11.2. The van der Waals surface area contributed by atoms with Gasteiger partial charge in [0, 0.05) is 6.08 Å². The molecule has 0 spiro atoms. The first-order chi connectivity index (χ1) is 7.18. The Hall–Kier alpha value is -1.83. The minimum atomic E-state index is -0.346. The Bertz CT molecular complexity index is 363. The fourth-order valence-corrected chi connectivity index (χ4v) is 0.971. The Balaban J connectivity index is 2.44. The number of hydrogen-bond acceptors (Lipinski definition) is 2. The van der Waals surface area contributed by atoms with Crippen molar-refractivity contribution < 1.29 is 9.53 Å². The van der Waals surface area contributed by atoms with E-state index in [1.807, 2.05) is 37.3 Å². The van der Waals surface area contributed by atoms with E-state index in [1.165, 1.54) is 6.08 Å². The first kappa shape index (κ1) is 11.2. The second-order valence-electron chi connectivity index (χ2n) is 3.31. The largest absolute Gasteiger partial charge is 0.458 e. The van der Waals surface area contributed by atoms with Crippen LogP contribution in [-0.2, 0) is 9.53 Å². The molecule has 0 atom stereocenters. The van der Waals surface area contributed by atoms with Gasteiger partial charge in [0.05, 0.1) is 0 Å². The average molecular weight is 202 g/mol. The molecule has 2 heteroatoms. The van der Waals surface area contributed by atoms with Gasteiger partial charge in [0.15, 0.2) is 0 Å². The molecule has 0 radical (unpaired) electrons. The molecule has 78 valence electrons. The minimum absolute atomic E-state index is 0.276. The van der Waals surface area contributed by atoms with Crippen molar-refractivity contribution in [2.45, 2.75) is 6.92 Å². The van der Waals surface area contributed by atoms with E-state index in [9.17, 15) is 4.79 Å². The Kier molecular flexibility index (Phi) is 4.35. The summed E-state index contributed by atoms with van der Waals surface area (Å²) in [6.45, 7) is 5.73. The molecule has 0 saturated carbocycles. The van der Waals surface area contributed by atoms with Crippen LogP contribution in [-0.4, -0.2) is 12.6 Å². The van der Waals surface area contributed by atoms with Gasteiger partial charge in [-0.3, -0.25) is 0 Å². The normalized spacial score (nSPS) is 10.2. The van der Waals surface area contributed by atoms with Crippen molar-refractivity contribution in [1.29, 1.82) is 0 Å². The lowest BCUT2D eigenvalue weighted by Crippen LogP contribution is -2.02. The van der Waals surface area contributed by atoms with E-state index in [0.29, 0.717) is 0 Å². The zero-order valence-corrected chi connectivity index (χ0v) is 8.77. The summed E-state index contributed by atoms with van der Waals surface area (Å²) in [6, 6.07) is 9.60. The number of ether oxygens (including phenoxy) is 1. The van der Waals surface area contributed by atoms with Gasteiger partial charge in [-0.05, 0) is 24.1 Å². The number of carbonyl (C=O) groups excluding carboxylic acids is 1. The third kappa shape index (κ3) is 4.81. The zero-order chi connectivity index (χ0) is 11.1. The molecule has 1 aromatic carbocycles. The van der Waals surface area contributed by atoms with Gasteiger partial charge in [-0.25, -0.2) is 4.79 Å². The van der Waals surface area contributed by atoms with E-state index in [4.69, 9.17) is 4.74 Å². The monoisotopic (exact) mass is 202 g/mol. The molecule has 1 rings (SSSR count). The summed E-state index contributed by atoms with van der Waals surface area (Å²) >= 11 is 0. The van der Waals surface area contributed by atoms with Gasteiger partial charge < -0.3 is 4.74 Å². The van der Waals surface area contributed by atoms with Crippen LogP contribution in [0.1, 0.15) is 12.5 Å². The van der Waals surface area contributed by atoms with E-state index < -0.39 is 0 Å². The van der Waals surface area contributed by atoms with Crippen LogP contribution in [0, 0.1) is 0 Å². The number of hydrogen-bond donors (Lipinski definition) is 0. The van der Waals surface area contributed by atoms with Gasteiger partial charge in [0.25, 0.3) is 0 Å². The number of rotatable bonds is 4. The first-order valence-electron chi connectivity index (χ1n) is 4.73. The molecular formula is C13H14O2. The maximum Gasteiger partial charge on any atom is 0.331 e. The summed E-state index contributed by atoms with van der Waals surface area (Å²) in [6.07, 6.45) is 3.14. The van der Waals surface area contributed by atoms with Crippen molar-refractivity contribution >= 4 is 12.0 Å². The molecule has 0 bridgehead atoms. The van der Waals surface area contributed by atoms with Crippen molar-refractivity contribution in [3.05, 3.63) is 54.1 Å². The van der Waals surface area contributed by atoms with E-state index in [-0.39, 0.29) is 12.6 Å². The smallest absolute Gasteiger partial charge is 0.331 e. The van der Waals surface area contributed by atoms with Crippen molar-refractivity contribution in [2.75, 3.05) is 6.61 Å². The lowest BCUT2D eigenvalue weighted by Gasteiger charge is -1.99. The van der Waals surface area contributed by atoms with Crippen molar-refractivity contribution in [1.82, 2.24) is 0 Å². The predicted molar refractivity (Wildman–Crippen MR) is 61.2 cm³/mol. The second-order valence-corrected chi connectivity index (χ2v) is 3.31. The molecule has 0 aliphatic heterocycles. The van der Waals surface area contributed by atoms with Gasteiger partial charge in [-0.15, -0.1) is 0 Å². The Morgan fingerprint density at radius 2 is 2.07 bits per heavy atom. The fourth-order valence-electron chi connectivity index (χ4n) is 0.971. The Labute approximate surface area is 89.9 Å². The molecule has 0 amide bonds. The van der Waals surface area contributed by atoms with Gasteiger partial charge >= 0.3 is 5.97 Å². The molecule has 0 N–H and O–H groups in total. The van der Waals surface area contributed by atoms with Crippen LogP contribution in [0.4, 0.5) is 0 Å². The summed E-state index contributed by atoms with van der Waals surface area (Å²) in [7, 11) is 0. The van der Waals surface area contributed by atoms with Gasteiger partial charge in [0.2, 0.25) is 0 Å². The highest BCUT2D eigenvalue weighted by atomic mass is 16.5. The van der Waals surface area contributed by atoms with E-state index >= 15 is 0 Å². The molecule has 0 saturated heterocycles. The lowest BCUT2D eigenvalue weighted by molar-refractivity contribution is -0.136. The van der Waals surface area contributed by atoms with Gasteiger partial charge in [-0.2, -0.15) is 0 Å². The van der Waals surface area contributed by atoms with Crippen LogP contribution in [0.3, 0.4) is 0 Å². The number of esters is 1. The van der Waals surface area contributed by atoms with Crippen LogP contribution < -0.4 is 0 Å². The molecule has 0 fully saturated rings. The highest BCUT2D eigenvalue weighted by Gasteiger charge is 1.95. The SMILES string of the molecule is C=C(C)COC(=O)/C=C/c1ccccc1. The van der Waals surface area contributed by atoms with Gasteiger partial charge in [-0.1, -0.05) is 36.9 Å². The number of carbonyl (C=O) groups is 1. The summed E-state index contributed by atoms with van der Waals surface area (Å²) in [5, 5.41) is 0. The molecule has 2 nitrogen and oxygen atoms in total. The van der Waals surface area contributed by atoms with Crippen LogP contribution in [0.5, 0.6) is 0 Å². The predicted octanol–water partition coefficient (Wildman–Crippen LogP) is 2.82. The number of benzene rings is 1. The molecule has 15 heavy (non-hydrogen) atoms. The molecule has 0 unspecified atom stereocenters. The Morgan fingerprint density at radius 1 is 1.40 bits per heavy atom. The van der Waals surface area contributed by atoms with Crippen LogP contribution in [0.2, 0.25) is 0 Å². The van der Waals surface area contributed by atoms with E-state index in [1.54, 1.807) is 6.08 Å². The Morgan fingerprint density at radius 3 is 2.67 bits per heavy atom. The summed E-state index contributed by atoms with van der Waals surface area (Å²) in [5.41, 5.74) is 1.81. The highest BCUT2D eigenvalue weighted by Crippen LogP contribution is 2.01. The summed E-state index contributed by atoms with van der Waals surface area (Å²) < 4.78 is 4.90. The first-order valence-corrected chi connectivity index (χ1v) is 4.73. The van der Waals surface area contributed by atoms with Crippen LogP contribution in [0.25, 0.3) is 6.08 Å². The molecule has 0 aromatic heterocycles. The maximum atomic E-state index is 11.2. The van der Waals surface area contributed by atoms with Gasteiger partial charge in [0.1, 0.15) is 6.61 Å². The fraction of sp³-hybridized carbons (Fsp3) is 0.154. The topological polar surface area (TPSA) is 26.3 Å². The standard InChI is InChI=1S/C13H14O2/c1-11(2)10-15-13(14)9-8-12-6-4-3-5-7-12/h3-9H,1,10H2,2H3/b9-8+. The third-order valence-electron chi connectivity index (χ3n) is 1.67. The van der Waals surface area contributed by atoms with E-state index in [0.717, 1.165) is 11.1 Å². The minimum Gasteiger partial charge on any atom is -0.458 e. The second kappa shape index (κ2) is 5.81. The van der Waals surface area contributed by atoms with E-state index in [2.05, 4.69) is 6.58 Å². The average Bonchev–Trinajstić information content (AvgIpc) is 2.25. The highest BCUT2D eigenvalue weighted by molar-refractivity contribution is 5.87. The van der Waals surface area contributed by atoms with Crippen molar-refractivity contribution in [2.24, 2.45) is 0 Å². The molecular weight excluding hydrogens is 188 g/mol. The summed E-state index contributed by atoms with van der Waals surface area (Å²) in [5.74, 6) is -0.346. The quantitative estimate of drug-likeness (QED) is 0.426. The maximum absolute atomic E-state index is 11.2. The molecule has 1 aromatic rings. The lowest BCUT2D eigenvalue weighted by atomic mass is 10.2. The molecule has 0 heterocycles. The van der Waals surface area contributed by atoms with Crippen LogP contribution in [0.15, 0.2) is 48.6 Å². The molecule has 0 aliphatic rings. The zero-order valence-electron chi connectivity index (χ0n) is 8.77.